The van der Waals surface area contributed by atoms with E-state index in [-0.39, 0.29) is 0 Å². The molecule has 0 radical (unpaired) electrons. The summed E-state index contributed by atoms with van der Waals surface area (Å²) in [4.78, 5) is 0. The summed E-state index contributed by atoms with van der Waals surface area (Å²) in [6.45, 7) is 8.20. The SMILES string of the molecule is CC1(C)CCC[C@]2(C)[C@@H]3CC[C@H]4C[C@@]3(CC[C@@H]12)C[C@H]4CO. The highest BCUT2D eigenvalue weighted by Gasteiger charge is 2.63. The first-order valence-electron chi connectivity index (χ1n) is 9.52. The molecule has 1 nitrogen and oxygen atoms in total. The zero-order valence-corrected chi connectivity index (χ0v) is 14.3. The highest BCUT2D eigenvalue weighted by molar-refractivity contribution is 5.13. The maximum atomic E-state index is 9.78. The molecule has 4 rings (SSSR count). The molecule has 6 atom stereocenters. The predicted octanol–water partition coefficient (Wildman–Crippen LogP) is 5.03. The molecule has 0 saturated heterocycles. The smallest absolute Gasteiger partial charge is 0.0462 e. The molecule has 0 amide bonds. The van der Waals surface area contributed by atoms with Gasteiger partial charge >= 0.3 is 0 Å². The van der Waals surface area contributed by atoms with Crippen LogP contribution in [0.3, 0.4) is 0 Å². The molecule has 4 aliphatic carbocycles. The summed E-state index contributed by atoms with van der Waals surface area (Å²) in [5, 5.41) is 9.78. The van der Waals surface area contributed by atoms with Crippen molar-refractivity contribution in [1.82, 2.24) is 0 Å². The predicted molar refractivity (Wildman–Crippen MR) is 86.9 cm³/mol. The lowest BCUT2D eigenvalue weighted by Gasteiger charge is -2.64. The second-order valence-electron chi connectivity index (χ2n) is 10.0. The van der Waals surface area contributed by atoms with Gasteiger partial charge in [-0.1, -0.05) is 27.2 Å². The van der Waals surface area contributed by atoms with Gasteiger partial charge in [-0.25, -0.2) is 0 Å². The second-order valence-corrected chi connectivity index (χ2v) is 10.0. The fraction of sp³-hybridized carbons (Fsp3) is 1.00. The molecule has 4 saturated carbocycles. The molecule has 0 heterocycles. The first-order chi connectivity index (χ1) is 9.91. The zero-order valence-electron chi connectivity index (χ0n) is 14.3. The summed E-state index contributed by atoms with van der Waals surface area (Å²) in [6.07, 6.45) is 13.0. The Bertz CT molecular complexity index is 428. The second kappa shape index (κ2) is 4.49. The summed E-state index contributed by atoms with van der Waals surface area (Å²) in [5.41, 5.74) is 1.77. The van der Waals surface area contributed by atoms with Gasteiger partial charge in [0.2, 0.25) is 0 Å². The fourth-order valence-corrected chi connectivity index (χ4v) is 8.13. The highest BCUT2D eigenvalue weighted by Crippen LogP contribution is 2.72. The minimum atomic E-state index is 0.449. The van der Waals surface area contributed by atoms with Crippen LogP contribution in [-0.2, 0) is 0 Å². The van der Waals surface area contributed by atoms with E-state index >= 15 is 0 Å². The molecule has 0 aliphatic heterocycles. The molecule has 4 aliphatic rings. The molecule has 1 spiro atoms. The molecule has 4 fully saturated rings. The van der Waals surface area contributed by atoms with E-state index in [2.05, 4.69) is 20.8 Å². The van der Waals surface area contributed by atoms with Crippen molar-refractivity contribution in [3.63, 3.8) is 0 Å². The summed E-state index contributed by atoms with van der Waals surface area (Å²) < 4.78 is 0. The third kappa shape index (κ3) is 1.85. The van der Waals surface area contributed by atoms with Crippen molar-refractivity contribution in [2.24, 2.45) is 39.9 Å². The summed E-state index contributed by atoms with van der Waals surface area (Å²) in [6, 6.07) is 0. The van der Waals surface area contributed by atoms with Crippen LogP contribution in [0.25, 0.3) is 0 Å². The normalized spacial score (nSPS) is 54.9. The van der Waals surface area contributed by atoms with Crippen molar-refractivity contribution in [3.8, 4) is 0 Å². The van der Waals surface area contributed by atoms with Gasteiger partial charge in [0.15, 0.2) is 0 Å². The van der Waals surface area contributed by atoms with Gasteiger partial charge in [-0.3, -0.25) is 0 Å². The molecular formula is C20H34O. The standard InChI is InChI=1S/C20H34O/c1-18(2)8-4-9-19(3)16(18)7-10-20-11-14(5-6-17(19)20)15(12-20)13-21/h14-17,21H,4-13H2,1-3H3/t14-,15-,16-,17-,19-,20-/m0/s1. The van der Waals surface area contributed by atoms with Gasteiger partial charge in [-0.05, 0) is 91.3 Å². The molecule has 2 bridgehead atoms. The van der Waals surface area contributed by atoms with Crippen LogP contribution < -0.4 is 0 Å². The minimum absolute atomic E-state index is 0.449. The first kappa shape index (κ1) is 14.5. The van der Waals surface area contributed by atoms with E-state index in [0.717, 1.165) is 17.8 Å². The average molecular weight is 290 g/mol. The van der Waals surface area contributed by atoms with E-state index in [1.807, 2.05) is 0 Å². The Hall–Kier alpha value is -0.0400. The van der Waals surface area contributed by atoms with Gasteiger partial charge in [0.1, 0.15) is 0 Å². The number of rotatable bonds is 1. The van der Waals surface area contributed by atoms with Crippen LogP contribution in [0.4, 0.5) is 0 Å². The average Bonchev–Trinajstić information content (AvgIpc) is 2.68. The van der Waals surface area contributed by atoms with E-state index < -0.39 is 0 Å². The quantitative estimate of drug-likeness (QED) is 0.718. The minimum Gasteiger partial charge on any atom is -0.396 e. The van der Waals surface area contributed by atoms with Gasteiger partial charge in [-0.2, -0.15) is 0 Å². The topological polar surface area (TPSA) is 20.2 Å². The van der Waals surface area contributed by atoms with Crippen LogP contribution in [0.15, 0.2) is 0 Å². The summed E-state index contributed by atoms with van der Waals surface area (Å²) in [5.74, 6) is 3.38. The lowest BCUT2D eigenvalue weighted by atomic mass is 9.41. The zero-order chi connectivity index (χ0) is 14.9. The molecule has 120 valence electrons. The van der Waals surface area contributed by atoms with Crippen molar-refractivity contribution in [1.29, 1.82) is 0 Å². The highest BCUT2D eigenvalue weighted by atomic mass is 16.3. The van der Waals surface area contributed by atoms with Crippen LogP contribution in [0.5, 0.6) is 0 Å². The molecule has 0 aromatic heterocycles. The Balaban J connectivity index is 1.70. The maximum Gasteiger partial charge on any atom is 0.0462 e. The number of fused-ring (bicyclic) bond motifs is 3. The molecule has 0 unspecified atom stereocenters. The van der Waals surface area contributed by atoms with Crippen molar-refractivity contribution in [2.75, 3.05) is 6.61 Å². The van der Waals surface area contributed by atoms with Crippen LogP contribution in [0.2, 0.25) is 0 Å². The van der Waals surface area contributed by atoms with E-state index in [4.69, 9.17) is 0 Å². The van der Waals surface area contributed by atoms with Crippen LogP contribution in [-0.4, -0.2) is 11.7 Å². The van der Waals surface area contributed by atoms with Gasteiger partial charge in [0.25, 0.3) is 0 Å². The van der Waals surface area contributed by atoms with E-state index in [9.17, 15) is 5.11 Å². The Morgan fingerprint density at radius 3 is 2.48 bits per heavy atom. The third-order valence-corrected chi connectivity index (χ3v) is 8.81. The van der Waals surface area contributed by atoms with E-state index in [0.29, 0.717) is 28.8 Å². The number of hydrogen-bond acceptors (Lipinski definition) is 1. The van der Waals surface area contributed by atoms with Crippen molar-refractivity contribution in [2.45, 2.75) is 78.6 Å². The third-order valence-electron chi connectivity index (χ3n) is 8.81. The van der Waals surface area contributed by atoms with E-state index in [1.165, 1.54) is 57.8 Å². The van der Waals surface area contributed by atoms with Crippen molar-refractivity contribution >= 4 is 0 Å². The van der Waals surface area contributed by atoms with Gasteiger partial charge < -0.3 is 5.11 Å². The molecule has 1 heteroatoms. The Labute approximate surface area is 130 Å². The Morgan fingerprint density at radius 2 is 1.71 bits per heavy atom. The number of aliphatic hydroxyl groups excluding tert-OH is 1. The Kier molecular flexibility index (Phi) is 3.11. The van der Waals surface area contributed by atoms with Crippen LogP contribution in [0.1, 0.15) is 78.6 Å². The first-order valence-corrected chi connectivity index (χ1v) is 9.52. The molecule has 21 heavy (non-hydrogen) atoms. The van der Waals surface area contributed by atoms with Gasteiger partial charge in [-0.15, -0.1) is 0 Å². The lowest BCUT2D eigenvalue weighted by Crippen LogP contribution is -2.55. The molecule has 0 aromatic rings. The number of hydrogen-bond donors (Lipinski definition) is 1. The van der Waals surface area contributed by atoms with Crippen LogP contribution >= 0.6 is 0 Å². The molecular weight excluding hydrogens is 256 g/mol. The summed E-state index contributed by atoms with van der Waals surface area (Å²) >= 11 is 0. The van der Waals surface area contributed by atoms with Crippen LogP contribution in [0, 0.1) is 39.9 Å². The van der Waals surface area contributed by atoms with Crippen molar-refractivity contribution in [3.05, 3.63) is 0 Å². The maximum absolute atomic E-state index is 9.78. The summed E-state index contributed by atoms with van der Waals surface area (Å²) in [7, 11) is 0. The van der Waals surface area contributed by atoms with Gasteiger partial charge in [0.05, 0.1) is 0 Å². The largest absolute Gasteiger partial charge is 0.396 e. The van der Waals surface area contributed by atoms with Crippen molar-refractivity contribution < 1.29 is 5.11 Å². The van der Waals surface area contributed by atoms with Gasteiger partial charge in [0, 0.05) is 6.61 Å². The monoisotopic (exact) mass is 290 g/mol. The fourth-order valence-electron chi connectivity index (χ4n) is 8.13. The molecule has 0 aromatic carbocycles. The number of aliphatic hydroxyl groups is 1. The lowest BCUT2D eigenvalue weighted by molar-refractivity contribution is -0.144. The Morgan fingerprint density at radius 1 is 0.905 bits per heavy atom. The molecule has 1 N–H and O–H groups in total. The van der Waals surface area contributed by atoms with E-state index in [1.54, 1.807) is 0 Å².